The molecule has 0 unspecified atom stereocenters. The van der Waals surface area contributed by atoms with Gasteiger partial charge < -0.3 is 10.4 Å². The summed E-state index contributed by atoms with van der Waals surface area (Å²) in [5, 5.41) is 13.0. The molecule has 0 heterocycles. The Balaban J connectivity index is 1.80. The van der Waals surface area contributed by atoms with Gasteiger partial charge in [-0.3, -0.25) is 0 Å². The quantitative estimate of drug-likeness (QED) is 0.617. The summed E-state index contributed by atoms with van der Waals surface area (Å²) in [5.74, 6) is 0.320. The number of anilines is 1. The lowest BCUT2D eigenvalue weighted by molar-refractivity contribution is 0.477. The molecule has 2 heteroatoms. The molecular weight excluding hydrogens is 222 g/mol. The van der Waals surface area contributed by atoms with E-state index in [1.165, 1.54) is 5.56 Å². The largest absolute Gasteiger partial charge is 0.506 e. The van der Waals surface area contributed by atoms with E-state index in [4.69, 9.17) is 0 Å². The molecule has 0 fully saturated rings. The van der Waals surface area contributed by atoms with Crippen LogP contribution >= 0.6 is 0 Å². The Morgan fingerprint density at radius 1 is 1.06 bits per heavy atom. The summed E-state index contributed by atoms with van der Waals surface area (Å²) >= 11 is 0. The summed E-state index contributed by atoms with van der Waals surface area (Å²) in [4.78, 5) is 0. The highest BCUT2D eigenvalue weighted by Gasteiger charge is 2.00. The zero-order valence-electron chi connectivity index (χ0n) is 10.7. The lowest BCUT2D eigenvalue weighted by Gasteiger charge is -2.09. The Labute approximate surface area is 108 Å². The van der Waals surface area contributed by atoms with Crippen LogP contribution in [0.1, 0.15) is 17.5 Å². The molecule has 0 atom stereocenters. The molecule has 0 bridgehead atoms. The number of aryl methyl sites for hydroxylation is 2. The fourth-order valence-electron chi connectivity index (χ4n) is 1.95. The predicted molar refractivity (Wildman–Crippen MR) is 76.1 cm³/mol. The van der Waals surface area contributed by atoms with Gasteiger partial charge in [-0.2, -0.15) is 0 Å². The van der Waals surface area contributed by atoms with E-state index < -0.39 is 0 Å². The van der Waals surface area contributed by atoms with E-state index in [2.05, 4.69) is 29.6 Å². The van der Waals surface area contributed by atoms with Crippen molar-refractivity contribution >= 4 is 5.69 Å². The van der Waals surface area contributed by atoms with Gasteiger partial charge in [0.1, 0.15) is 5.75 Å². The topological polar surface area (TPSA) is 32.3 Å². The Bertz CT molecular complexity index is 494. The summed E-state index contributed by atoms with van der Waals surface area (Å²) in [6, 6.07) is 16.1. The van der Waals surface area contributed by atoms with E-state index in [9.17, 15) is 5.11 Å². The van der Waals surface area contributed by atoms with E-state index in [1.54, 1.807) is 6.07 Å². The van der Waals surface area contributed by atoms with Crippen molar-refractivity contribution in [2.75, 3.05) is 11.9 Å². The lowest BCUT2D eigenvalue weighted by Crippen LogP contribution is -2.03. The number of nitrogens with one attached hydrogen (secondary N) is 1. The molecule has 2 rings (SSSR count). The molecule has 2 aromatic rings. The van der Waals surface area contributed by atoms with Gasteiger partial charge in [0.2, 0.25) is 0 Å². The molecular formula is C16H19NO. The molecule has 0 aliphatic rings. The third-order valence-corrected chi connectivity index (χ3v) is 2.95. The van der Waals surface area contributed by atoms with Gasteiger partial charge in [-0.1, -0.05) is 36.4 Å². The summed E-state index contributed by atoms with van der Waals surface area (Å²) in [7, 11) is 0. The van der Waals surface area contributed by atoms with Crippen molar-refractivity contribution in [3.8, 4) is 5.75 Å². The van der Waals surface area contributed by atoms with E-state index >= 15 is 0 Å². The predicted octanol–water partition coefficient (Wildman–Crippen LogP) is 3.75. The lowest BCUT2D eigenvalue weighted by atomic mass is 10.1. The second kappa shape index (κ2) is 6.10. The second-order valence-electron chi connectivity index (χ2n) is 4.54. The molecule has 2 aromatic carbocycles. The minimum atomic E-state index is 0.320. The van der Waals surface area contributed by atoms with Crippen molar-refractivity contribution in [3.63, 3.8) is 0 Å². The maximum Gasteiger partial charge on any atom is 0.138 e. The molecule has 18 heavy (non-hydrogen) atoms. The van der Waals surface area contributed by atoms with Crippen LogP contribution in [-0.4, -0.2) is 11.7 Å². The van der Waals surface area contributed by atoms with Gasteiger partial charge in [0.25, 0.3) is 0 Å². The molecule has 0 radical (unpaired) electrons. The minimum absolute atomic E-state index is 0.320. The molecule has 0 aromatic heterocycles. The van der Waals surface area contributed by atoms with Crippen LogP contribution in [0.25, 0.3) is 0 Å². The average Bonchev–Trinajstić information content (AvgIpc) is 2.40. The maximum atomic E-state index is 9.69. The molecule has 0 spiro atoms. The average molecular weight is 241 g/mol. The van der Waals surface area contributed by atoms with Gasteiger partial charge in [0.15, 0.2) is 0 Å². The number of hydrogen-bond donors (Lipinski definition) is 2. The van der Waals surface area contributed by atoms with Crippen molar-refractivity contribution in [1.82, 2.24) is 0 Å². The van der Waals surface area contributed by atoms with Crippen molar-refractivity contribution < 1.29 is 5.11 Å². The number of hydrogen-bond acceptors (Lipinski definition) is 2. The van der Waals surface area contributed by atoms with Crippen LogP contribution < -0.4 is 5.32 Å². The highest BCUT2D eigenvalue weighted by atomic mass is 16.3. The van der Waals surface area contributed by atoms with Crippen molar-refractivity contribution in [2.45, 2.75) is 19.8 Å². The Morgan fingerprint density at radius 3 is 2.61 bits per heavy atom. The zero-order valence-corrected chi connectivity index (χ0v) is 10.7. The van der Waals surface area contributed by atoms with E-state index in [1.807, 2.05) is 25.1 Å². The normalized spacial score (nSPS) is 10.3. The van der Waals surface area contributed by atoms with Crippen molar-refractivity contribution in [2.24, 2.45) is 0 Å². The fraction of sp³-hybridized carbons (Fsp3) is 0.250. The molecule has 0 saturated heterocycles. The van der Waals surface area contributed by atoms with Gasteiger partial charge in [-0.15, -0.1) is 0 Å². The van der Waals surface area contributed by atoms with Crippen LogP contribution in [-0.2, 0) is 6.42 Å². The van der Waals surface area contributed by atoms with Crippen LogP contribution in [0, 0.1) is 6.92 Å². The molecule has 0 amide bonds. The summed E-state index contributed by atoms with van der Waals surface area (Å²) in [6.45, 7) is 2.89. The van der Waals surface area contributed by atoms with Crippen LogP contribution in [0.3, 0.4) is 0 Å². The first-order valence-electron chi connectivity index (χ1n) is 6.33. The molecule has 94 valence electrons. The third kappa shape index (κ3) is 3.52. The van der Waals surface area contributed by atoms with E-state index in [-0.39, 0.29) is 0 Å². The first-order chi connectivity index (χ1) is 8.75. The Morgan fingerprint density at radius 2 is 1.83 bits per heavy atom. The first kappa shape index (κ1) is 12.5. The number of phenolic OH excluding ortho intramolecular Hbond substituents is 1. The summed E-state index contributed by atoms with van der Waals surface area (Å²) < 4.78 is 0. The minimum Gasteiger partial charge on any atom is -0.506 e. The van der Waals surface area contributed by atoms with Gasteiger partial charge in [0, 0.05) is 6.54 Å². The second-order valence-corrected chi connectivity index (χ2v) is 4.54. The SMILES string of the molecule is Cc1ccc(O)c(NCCCc2ccccc2)c1. The number of rotatable bonds is 5. The van der Waals surface area contributed by atoms with Crippen LogP contribution in [0.5, 0.6) is 5.75 Å². The van der Waals surface area contributed by atoms with Gasteiger partial charge in [-0.25, -0.2) is 0 Å². The zero-order chi connectivity index (χ0) is 12.8. The highest BCUT2D eigenvalue weighted by Crippen LogP contribution is 2.23. The summed E-state index contributed by atoms with van der Waals surface area (Å²) in [5.41, 5.74) is 3.33. The highest BCUT2D eigenvalue weighted by molar-refractivity contribution is 5.57. The Hall–Kier alpha value is -1.96. The van der Waals surface area contributed by atoms with Gasteiger partial charge in [0.05, 0.1) is 5.69 Å². The van der Waals surface area contributed by atoms with Crippen LogP contribution in [0.15, 0.2) is 48.5 Å². The van der Waals surface area contributed by atoms with Crippen LogP contribution in [0.2, 0.25) is 0 Å². The number of aromatic hydroxyl groups is 1. The van der Waals surface area contributed by atoms with E-state index in [0.717, 1.165) is 30.6 Å². The maximum absolute atomic E-state index is 9.69. The van der Waals surface area contributed by atoms with Crippen molar-refractivity contribution in [3.05, 3.63) is 59.7 Å². The number of phenols is 1. The van der Waals surface area contributed by atoms with Gasteiger partial charge in [-0.05, 0) is 43.0 Å². The molecule has 2 nitrogen and oxygen atoms in total. The standard InChI is InChI=1S/C16H19NO/c1-13-9-10-16(18)15(12-13)17-11-5-8-14-6-3-2-4-7-14/h2-4,6-7,9-10,12,17-18H,5,8,11H2,1H3. The summed E-state index contributed by atoms with van der Waals surface area (Å²) in [6.07, 6.45) is 2.11. The van der Waals surface area contributed by atoms with Crippen molar-refractivity contribution in [1.29, 1.82) is 0 Å². The third-order valence-electron chi connectivity index (χ3n) is 2.95. The van der Waals surface area contributed by atoms with Gasteiger partial charge >= 0.3 is 0 Å². The first-order valence-corrected chi connectivity index (χ1v) is 6.33. The molecule has 0 aliphatic carbocycles. The Kier molecular flexibility index (Phi) is 4.24. The van der Waals surface area contributed by atoms with Crippen LogP contribution in [0.4, 0.5) is 5.69 Å². The van der Waals surface area contributed by atoms with E-state index in [0.29, 0.717) is 5.75 Å². The smallest absolute Gasteiger partial charge is 0.138 e. The molecule has 2 N–H and O–H groups in total. The molecule has 0 aliphatic heterocycles. The number of benzene rings is 2. The monoisotopic (exact) mass is 241 g/mol. The fourth-order valence-corrected chi connectivity index (χ4v) is 1.95. The molecule has 0 saturated carbocycles.